The van der Waals surface area contributed by atoms with Crippen molar-refractivity contribution in [2.75, 3.05) is 5.32 Å². The second-order valence-electron chi connectivity index (χ2n) is 6.97. The lowest BCUT2D eigenvalue weighted by atomic mass is 10.1. The minimum Gasteiger partial charge on any atom is -0.310 e. The molecule has 3 aromatic heterocycles. The molecule has 0 aliphatic rings. The number of rotatable bonds is 5. The van der Waals surface area contributed by atoms with Crippen LogP contribution in [0.5, 0.6) is 0 Å². The summed E-state index contributed by atoms with van der Waals surface area (Å²) in [5.41, 5.74) is 1.45. The normalized spacial score (nSPS) is 11.3. The monoisotopic (exact) mass is 425 g/mol. The Morgan fingerprint density at radius 3 is 2.62 bits per heavy atom. The van der Waals surface area contributed by atoms with Crippen molar-refractivity contribution in [3.63, 3.8) is 0 Å². The molecule has 2 N–H and O–H groups in total. The highest BCUT2D eigenvalue weighted by Crippen LogP contribution is 2.29. The summed E-state index contributed by atoms with van der Waals surface area (Å²) in [6, 6.07) is 9.80. The molecule has 1 amide bonds. The van der Waals surface area contributed by atoms with Crippen molar-refractivity contribution in [2.24, 2.45) is 0 Å². The van der Waals surface area contributed by atoms with Gasteiger partial charge in [-0.25, -0.2) is 4.98 Å². The summed E-state index contributed by atoms with van der Waals surface area (Å²) >= 11 is 2.57. The lowest BCUT2D eigenvalue weighted by Gasteiger charge is -2.01. The second-order valence-corrected chi connectivity index (χ2v) is 8.97. The second kappa shape index (κ2) is 7.84. The van der Waals surface area contributed by atoms with Crippen LogP contribution in [0.2, 0.25) is 0 Å². The molecule has 0 radical (unpaired) electrons. The summed E-state index contributed by atoms with van der Waals surface area (Å²) in [5.74, 6) is 0.517. The van der Waals surface area contributed by atoms with Crippen molar-refractivity contribution in [1.82, 2.24) is 20.2 Å². The van der Waals surface area contributed by atoms with Gasteiger partial charge in [-0.15, -0.1) is 21.5 Å². The number of H-pyrrole nitrogens is 1. The zero-order valence-corrected chi connectivity index (χ0v) is 17.8. The third kappa shape index (κ3) is 3.96. The molecular formula is C20H19N5O2S2. The highest BCUT2D eigenvalue weighted by Gasteiger charge is 2.21. The number of hydrogen-bond acceptors (Lipinski definition) is 7. The minimum atomic E-state index is -0.305. The molecule has 0 aliphatic carbocycles. The number of aromatic amines is 1. The number of amides is 1. The molecule has 4 aromatic rings. The van der Waals surface area contributed by atoms with E-state index in [0.717, 1.165) is 10.6 Å². The van der Waals surface area contributed by atoms with E-state index in [9.17, 15) is 9.59 Å². The third-order valence-electron chi connectivity index (χ3n) is 4.43. The summed E-state index contributed by atoms with van der Waals surface area (Å²) in [6.07, 6.45) is 0.521. The van der Waals surface area contributed by atoms with E-state index in [0.29, 0.717) is 38.0 Å². The standard InChI is InChI=1S/C20H19N5O2S2/c1-10(2)18-24-25-20(29-18)23-17(27)15-11(3)14-16(26)21-13(22-19(14)28-15)9-12-7-5-4-6-8-12/h4-8,10H,9H2,1-3H3,(H,21,22,26)(H,23,25,27). The summed E-state index contributed by atoms with van der Waals surface area (Å²) in [7, 11) is 0. The van der Waals surface area contributed by atoms with Gasteiger partial charge >= 0.3 is 0 Å². The van der Waals surface area contributed by atoms with Crippen molar-refractivity contribution in [3.8, 4) is 0 Å². The van der Waals surface area contributed by atoms with Crippen LogP contribution in [-0.4, -0.2) is 26.1 Å². The Morgan fingerprint density at radius 1 is 1.17 bits per heavy atom. The van der Waals surface area contributed by atoms with E-state index in [1.54, 1.807) is 6.92 Å². The number of carbonyl (C=O) groups excluding carboxylic acids is 1. The Balaban J connectivity index is 1.64. The maximum Gasteiger partial charge on any atom is 0.267 e. The Kier molecular flexibility index (Phi) is 5.25. The summed E-state index contributed by atoms with van der Waals surface area (Å²) < 4.78 is 0. The average molecular weight is 426 g/mol. The highest BCUT2D eigenvalue weighted by atomic mass is 32.1. The number of thiophene rings is 1. The van der Waals surface area contributed by atoms with Gasteiger partial charge in [0, 0.05) is 12.3 Å². The number of carbonyl (C=O) groups is 1. The van der Waals surface area contributed by atoms with Crippen LogP contribution in [0.4, 0.5) is 5.13 Å². The first-order valence-corrected chi connectivity index (χ1v) is 10.8. The zero-order chi connectivity index (χ0) is 20.5. The number of aromatic nitrogens is 4. The number of anilines is 1. The van der Waals surface area contributed by atoms with E-state index < -0.39 is 0 Å². The Bertz CT molecular complexity index is 1240. The predicted molar refractivity (Wildman–Crippen MR) is 116 cm³/mol. The van der Waals surface area contributed by atoms with Crippen LogP contribution in [-0.2, 0) is 6.42 Å². The van der Waals surface area contributed by atoms with Crippen LogP contribution in [0.1, 0.15) is 51.4 Å². The topological polar surface area (TPSA) is 101 Å². The van der Waals surface area contributed by atoms with E-state index in [2.05, 4.69) is 25.5 Å². The lowest BCUT2D eigenvalue weighted by Crippen LogP contribution is -2.13. The van der Waals surface area contributed by atoms with Gasteiger partial charge in [-0.3, -0.25) is 14.9 Å². The molecule has 4 rings (SSSR count). The molecule has 3 heterocycles. The van der Waals surface area contributed by atoms with Gasteiger partial charge < -0.3 is 4.98 Å². The molecule has 0 atom stereocenters. The molecule has 0 saturated heterocycles. The lowest BCUT2D eigenvalue weighted by molar-refractivity contribution is 0.103. The van der Waals surface area contributed by atoms with Crippen LogP contribution < -0.4 is 10.9 Å². The highest BCUT2D eigenvalue weighted by molar-refractivity contribution is 7.21. The van der Waals surface area contributed by atoms with Gasteiger partial charge in [0.25, 0.3) is 11.5 Å². The summed E-state index contributed by atoms with van der Waals surface area (Å²) in [4.78, 5) is 33.9. The molecule has 0 unspecified atom stereocenters. The first-order chi connectivity index (χ1) is 13.9. The fraction of sp³-hybridized carbons (Fsp3) is 0.250. The quantitative estimate of drug-likeness (QED) is 0.501. The molecule has 1 aromatic carbocycles. The number of nitrogens with zero attached hydrogens (tertiary/aromatic N) is 3. The van der Waals surface area contributed by atoms with Crippen LogP contribution in [0.25, 0.3) is 10.2 Å². The van der Waals surface area contributed by atoms with Gasteiger partial charge in [0.05, 0.1) is 10.3 Å². The van der Waals surface area contributed by atoms with Crippen molar-refractivity contribution in [2.45, 2.75) is 33.1 Å². The molecule has 148 valence electrons. The first-order valence-electron chi connectivity index (χ1n) is 9.13. The van der Waals surface area contributed by atoms with Gasteiger partial charge in [-0.2, -0.15) is 0 Å². The molecule has 0 bridgehead atoms. The summed E-state index contributed by atoms with van der Waals surface area (Å²) in [5, 5.41) is 12.7. The number of aryl methyl sites for hydroxylation is 1. The number of nitrogens with one attached hydrogen (secondary N) is 2. The molecule has 29 heavy (non-hydrogen) atoms. The van der Waals surface area contributed by atoms with E-state index in [1.165, 1.54) is 22.7 Å². The average Bonchev–Trinajstić information content (AvgIpc) is 3.27. The number of hydrogen-bond donors (Lipinski definition) is 2. The zero-order valence-electron chi connectivity index (χ0n) is 16.1. The molecule has 0 spiro atoms. The third-order valence-corrected chi connectivity index (χ3v) is 6.75. The SMILES string of the molecule is Cc1c(C(=O)Nc2nnc(C(C)C)s2)sc2nc(Cc3ccccc3)[nH]c(=O)c12. The van der Waals surface area contributed by atoms with Crippen molar-refractivity contribution in [3.05, 3.63) is 67.5 Å². The fourth-order valence-corrected chi connectivity index (χ4v) is 4.79. The molecule has 9 heteroatoms. The smallest absolute Gasteiger partial charge is 0.267 e. The van der Waals surface area contributed by atoms with Gasteiger partial charge in [-0.05, 0) is 18.1 Å². The maximum atomic E-state index is 12.8. The number of fused-ring (bicyclic) bond motifs is 1. The largest absolute Gasteiger partial charge is 0.310 e. The van der Waals surface area contributed by atoms with Gasteiger partial charge in [0.2, 0.25) is 5.13 Å². The minimum absolute atomic E-state index is 0.230. The first kappa shape index (κ1) is 19.4. The molecule has 0 aliphatic heterocycles. The van der Waals surface area contributed by atoms with Crippen LogP contribution in [0, 0.1) is 6.92 Å². The van der Waals surface area contributed by atoms with E-state index in [4.69, 9.17) is 0 Å². The van der Waals surface area contributed by atoms with Crippen molar-refractivity contribution in [1.29, 1.82) is 0 Å². The summed E-state index contributed by atoms with van der Waals surface area (Å²) in [6.45, 7) is 5.81. The Labute approximate surface area is 174 Å². The Hall–Kier alpha value is -2.91. The number of benzene rings is 1. The van der Waals surface area contributed by atoms with Gasteiger partial charge in [-0.1, -0.05) is 55.5 Å². The van der Waals surface area contributed by atoms with E-state index in [-0.39, 0.29) is 17.4 Å². The van der Waals surface area contributed by atoms with Crippen molar-refractivity contribution < 1.29 is 4.79 Å². The van der Waals surface area contributed by atoms with Crippen molar-refractivity contribution >= 4 is 43.9 Å². The fourth-order valence-electron chi connectivity index (χ4n) is 2.95. The van der Waals surface area contributed by atoms with E-state index in [1.807, 2.05) is 44.2 Å². The molecule has 7 nitrogen and oxygen atoms in total. The molecule has 0 saturated carbocycles. The predicted octanol–water partition coefficient (Wildman–Crippen LogP) is 4.11. The van der Waals surface area contributed by atoms with Gasteiger partial charge in [0.15, 0.2) is 0 Å². The molecule has 0 fully saturated rings. The van der Waals surface area contributed by atoms with Gasteiger partial charge in [0.1, 0.15) is 15.7 Å². The Morgan fingerprint density at radius 2 is 1.93 bits per heavy atom. The van der Waals surface area contributed by atoms with Crippen LogP contribution in [0.3, 0.4) is 0 Å². The maximum absolute atomic E-state index is 12.8. The van der Waals surface area contributed by atoms with Crippen LogP contribution in [0.15, 0.2) is 35.1 Å². The van der Waals surface area contributed by atoms with Crippen LogP contribution >= 0.6 is 22.7 Å². The van der Waals surface area contributed by atoms with E-state index >= 15 is 0 Å². The molecular weight excluding hydrogens is 406 g/mol.